The molecule has 160 valence electrons. The fourth-order valence-electron chi connectivity index (χ4n) is 3.55. The predicted molar refractivity (Wildman–Crippen MR) is 119 cm³/mol. The number of aromatic nitrogens is 2. The van der Waals surface area contributed by atoms with Gasteiger partial charge in [-0.05, 0) is 32.8 Å². The second kappa shape index (κ2) is 10.0. The highest BCUT2D eigenvalue weighted by molar-refractivity contribution is 6.43. The molecule has 0 amide bonds. The van der Waals surface area contributed by atoms with E-state index in [0.29, 0.717) is 32.7 Å². The molecule has 1 fully saturated rings. The Morgan fingerprint density at radius 2 is 1.90 bits per heavy atom. The van der Waals surface area contributed by atoms with Crippen LogP contribution in [-0.2, 0) is 11.3 Å². The van der Waals surface area contributed by atoms with Crippen molar-refractivity contribution in [3.63, 3.8) is 0 Å². The third kappa shape index (κ3) is 5.01. The number of aliphatic hydroxyl groups excluding tert-OH is 1. The van der Waals surface area contributed by atoms with Crippen molar-refractivity contribution < 1.29 is 9.84 Å². The standard InChI is InChI=1S/C12H11Cl2N3O.C9H19NO/c1-6-11(17-9(5-18)12(15)16-6)7-3-2-4-8(13)10(7)14;1-4-9(5-2)6-11-7(3)8(9)10/h2-4,18H,5H2,1H3,(H2,15,16);7-8H,4-6,10H2,1-3H3/t;7-,8-/m.0/s1. The molecule has 5 N–H and O–H groups in total. The van der Waals surface area contributed by atoms with Crippen molar-refractivity contribution in [1.82, 2.24) is 9.97 Å². The van der Waals surface area contributed by atoms with Crippen molar-refractivity contribution in [3.8, 4) is 11.3 Å². The number of hydrogen-bond donors (Lipinski definition) is 3. The molecule has 8 heteroatoms. The lowest BCUT2D eigenvalue weighted by molar-refractivity contribution is 0.102. The van der Waals surface area contributed by atoms with Gasteiger partial charge >= 0.3 is 0 Å². The second-order valence-corrected chi connectivity index (χ2v) is 8.15. The topological polar surface area (TPSA) is 107 Å². The van der Waals surface area contributed by atoms with Gasteiger partial charge in [0.15, 0.2) is 0 Å². The van der Waals surface area contributed by atoms with Crippen LogP contribution in [0.1, 0.15) is 45.0 Å². The second-order valence-electron chi connectivity index (χ2n) is 7.36. The lowest BCUT2D eigenvalue weighted by Gasteiger charge is -2.29. The molecule has 1 saturated heterocycles. The quantitative estimate of drug-likeness (QED) is 0.650. The Balaban J connectivity index is 0.000000234. The minimum atomic E-state index is -0.274. The first-order valence-corrected chi connectivity index (χ1v) is 10.5. The Hall–Kier alpha value is -1.44. The summed E-state index contributed by atoms with van der Waals surface area (Å²) in [5, 5.41) is 10.0. The van der Waals surface area contributed by atoms with Crippen LogP contribution in [0, 0.1) is 12.3 Å². The van der Waals surface area contributed by atoms with Gasteiger partial charge in [0.2, 0.25) is 0 Å². The number of halogens is 2. The van der Waals surface area contributed by atoms with E-state index in [9.17, 15) is 0 Å². The van der Waals surface area contributed by atoms with Crippen LogP contribution in [0.5, 0.6) is 0 Å². The highest BCUT2D eigenvalue weighted by Crippen LogP contribution is 2.37. The zero-order valence-electron chi connectivity index (χ0n) is 17.4. The van der Waals surface area contributed by atoms with Gasteiger partial charge in [-0.3, -0.25) is 0 Å². The van der Waals surface area contributed by atoms with E-state index in [4.69, 9.17) is 44.5 Å². The van der Waals surface area contributed by atoms with Crippen LogP contribution >= 0.6 is 23.2 Å². The molecule has 2 heterocycles. The van der Waals surface area contributed by atoms with Crippen LogP contribution in [0.3, 0.4) is 0 Å². The SMILES string of the molecule is CCC1(CC)CO[C@@H](C)[C@@H]1N.Cc1nc(N)c(CO)nc1-c1cccc(Cl)c1Cl. The van der Waals surface area contributed by atoms with Gasteiger partial charge in [-0.15, -0.1) is 0 Å². The average molecular weight is 441 g/mol. The molecule has 1 aliphatic rings. The Kier molecular flexibility index (Phi) is 8.26. The third-order valence-corrected chi connectivity index (χ3v) is 6.60. The summed E-state index contributed by atoms with van der Waals surface area (Å²) in [4.78, 5) is 8.43. The van der Waals surface area contributed by atoms with Crippen molar-refractivity contribution in [1.29, 1.82) is 0 Å². The fraction of sp³-hybridized carbons (Fsp3) is 0.524. The smallest absolute Gasteiger partial charge is 0.147 e. The number of nitrogens with two attached hydrogens (primary N) is 2. The van der Waals surface area contributed by atoms with Gasteiger partial charge in [-0.25, -0.2) is 9.97 Å². The van der Waals surface area contributed by atoms with E-state index >= 15 is 0 Å². The third-order valence-electron chi connectivity index (χ3n) is 5.78. The summed E-state index contributed by atoms with van der Waals surface area (Å²) in [6.45, 7) is 8.82. The molecule has 1 aliphatic heterocycles. The summed E-state index contributed by atoms with van der Waals surface area (Å²) in [5.41, 5.74) is 14.2. The van der Waals surface area contributed by atoms with E-state index < -0.39 is 0 Å². The van der Waals surface area contributed by atoms with E-state index in [-0.39, 0.29) is 30.0 Å². The van der Waals surface area contributed by atoms with Crippen LogP contribution in [0.4, 0.5) is 5.82 Å². The first-order valence-electron chi connectivity index (χ1n) is 9.76. The maximum Gasteiger partial charge on any atom is 0.147 e. The van der Waals surface area contributed by atoms with Gasteiger partial charge in [0.05, 0.1) is 40.8 Å². The number of aliphatic hydroxyl groups is 1. The summed E-state index contributed by atoms with van der Waals surface area (Å²) in [6.07, 6.45) is 2.51. The largest absolute Gasteiger partial charge is 0.390 e. The first kappa shape index (κ1) is 23.8. The van der Waals surface area contributed by atoms with Crippen LogP contribution in [0.15, 0.2) is 18.2 Å². The van der Waals surface area contributed by atoms with Crippen LogP contribution in [0.2, 0.25) is 10.0 Å². The number of nitrogen functional groups attached to an aromatic ring is 1. The van der Waals surface area contributed by atoms with Gasteiger partial charge < -0.3 is 21.3 Å². The van der Waals surface area contributed by atoms with E-state index in [0.717, 1.165) is 19.4 Å². The van der Waals surface area contributed by atoms with E-state index in [2.05, 4.69) is 30.7 Å². The lowest BCUT2D eigenvalue weighted by Crippen LogP contribution is -2.42. The molecule has 0 bridgehead atoms. The number of ether oxygens (including phenoxy) is 1. The Bertz CT molecular complexity index is 844. The molecule has 2 aromatic rings. The average Bonchev–Trinajstić information content (AvgIpc) is 3.00. The van der Waals surface area contributed by atoms with Crippen molar-refractivity contribution in [3.05, 3.63) is 39.6 Å². The molecular weight excluding hydrogens is 411 g/mol. The van der Waals surface area contributed by atoms with Gasteiger partial charge in [-0.1, -0.05) is 49.2 Å². The zero-order chi connectivity index (χ0) is 21.8. The molecular formula is C21H30Cl2N4O2. The van der Waals surface area contributed by atoms with Crippen LogP contribution < -0.4 is 11.5 Å². The molecule has 0 aliphatic carbocycles. The number of hydrogen-bond acceptors (Lipinski definition) is 6. The van der Waals surface area contributed by atoms with E-state index in [1.165, 1.54) is 0 Å². The maximum absolute atomic E-state index is 9.16. The number of rotatable bonds is 4. The molecule has 0 spiro atoms. The van der Waals surface area contributed by atoms with Gasteiger partial charge in [0.25, 0.3) is 0 Å². The van der Waals surface area contributed by atoms with Crippen molar-refractivity contribution in [2.24, 2.45) is 11.1 Å². The highest BCUT2D eigenvalue weighted by atomic mass is 35.5. The Morgan fingerprint density at radius 1 is 1.24 bits per heavy atom. The molecule has 1 aromatic carbocycles. The van der Waals surface area contributed by atoms with Crippen molar-refractivity contribution in [2.45, 2.75) is 59.3 Å². The highest BCUT2D eigenvalue weighted by Gasteiger charge is 2.42. The van der Waals surface area contributed by atoms with Gasteiger partial charge in [0.1, 0.15) is 11.5 Å². The normalized spacial score (nSPS) is 20.3. The number of anilines is 1. The van der Waals surface area contributed by atoms with Crippen LogP contribution in [-0.4, -0.2) is 33.8 Å². The summed E-state index contributed by atoms with van der Waals surface area (Å²) in [7, 11) is 0. The fourth-order valence-corrected chi connectivity index (χ4v) is 3.94. The summed E-state index contributed by atoms with van der Waals surface area (Å²) in [6, 6.07) is 5.50. The lowest BCUT2D eigenvalue weighted by atomic mass is 9.77. The van der Waals surface area contributed by atoms with Crippen molar-refractivity contribution in [2.75, 3.05) is 12.3 Å². The molecule has 0 unspecified atom stereocenters. The van der Waals surface area contributed by atoms with E-state index in [1.807, 2.05) is 0 Å². The van der Waals surface area contributed by atoms with E-state index in [1.54, 1.807) is 25.1 Å². The van der Waals surface area contributed by atoms with Crippen molar-refractivity contribution >= 4 is 29.0 Å². The molecule has 2 atom stereocenters. The Morgan fingerprint density at radius 3 is 2.38 bits per heavy atom. The maximum atomic E-state index is 9.16. The number of nitrogens with zero attached hydrogens (tertiary/aromatic N) is 2. The summed E-state index contributed by atoms with van der Waals surface area (Å²) >= 11 is 12.1. The van der Waals surface area contributed by atoms with Gasteiger partial charge in [-0.2, -0.15) is 0 Å². The zero-order valence-corrected chi connectivity index (χ0v) is 18.9. The molecule has 0 radical (unpaired) electrons. The molecule has 3 rings (SSSR count). The number of aryl methyl sites for hydroxylation is 1. The minimum absolute atomic E-state index is 0.219. The minimum Gasteiger partial charge on any atom is -0.390 e. The molecule has 1 aromatic heterocycles. The Labute approximate surface area is 182 Å². The monoisotopic (exact) mass is 440 g/mol. The predicted octanol–water partition coefficient (Wildman–Crippen LogP) is 4.37. The first-order chi connectivity index (χ1) is 13.7. The van der Waals surface area contributed by atoms with Crippen LogP contribution in [0.25, 0.3) is 11.3 Å². The number of benzene rings is 1. The summed E-state index contributed by atoms with van der Waals surface area (Å²) in [5.74, 6) is 0.219. The molecule has 6 nitrogen and oxygen atoms in total. The summed E-state index contributed by atoms with van der Waals surface area (Å²) < 4.78 is 5.54. The molecule has 0 saturated carbocycles. The molecule has 29 heavy (non-hydrogen) atoms. The van der Waals surface area contributed by atoms with Gasteiger partial charge in [0, 0.05) is 17.0 Å².